The number of para-hydroxylation sites is 1. The fourth-order valence-corrected chi connectivity index (χ4v) is 5.03. The van der Waals surface area contributed by atoms with Crippen LogP contribution in [0.3, 0.4) is 0 Å². The van der Waals surface area contributed by atoms with Gasteiger partial charge in [-0.3, -0.25) is 19.0 Å². The topological polar surface area (TPSA) is 94.0 Å². The Hall–Kier alpha value is -3.78. The van der Waals surface area contributed by atoms with Gasteiger partial charge >= 0.3 is 0 Å². The van der Waals surface area contributed by atoms with Gasteiger partial charge in [0.25, 0.3) is 5.56 Å². The highest BCUT2D eigenvalue weighted by atomic mass is 32.2. The summed E-state index contributed by atoms with van der Waals surface area (Å²) in [6.07, 6.45) is 4.00. The van der Waals surface area contributed by atoms with Crippen LogP contribution in [0.2, 0.25) is 0 Å². The van der Waals surface area contributed by atoms with Crippen LogP contribution in [-0.4, -0.2) is 32.0 Å². The molecule has 1 amide bonds. The van der Waals surface area contributed by atoms with E-state index in [0.29, 0.717) is 33.1 Å². The van der Waals surface area contributed by atoms with E-state index in [4.69, 9.17) is 9.97 Å². The first kappa shape index (κ1) is 23.0. The molecule has 8 heteroatoms. The number of nitrogens with one attached hydrogen (secondary N) is 1. The zero-order chi connectivity index (χ0) is 24.4. The van der Waals surface area contributed by atoms with Gasteiger partial charge in [0, 0.05) is 16.9 Å². The molecule has 4 aromatic rings. The van der Waals surface area contributed by atoms with E-state index in [1.807, 2.05) is 36.4 Å². The second-order valence-electron chi connectivity index (χ2n) is 8.51. The summed E-state index contributed by atoms with van der Waals surface area (Å²) in [6.45, 7) is 1.50. The van der Waals surface area contributed by atoms with Crippen LogP contribution in [0, 0.1) is 0 Å². The molecule has 1 N–H and O–H groups in total. The van der Waals surface area contributed by atoms with Crippen molar-refractivity contribution in [2.45, 2.75) is 37.8 Å². The Balaban J connectivity index is 1.46. The standard InChI is InChI=1S/C27H24N4O3S/c1-17(32)18-11-13-20(14-12-18)28-24(33)16-35-27-30-25-22(15-19-7-5-6-10-23(19)29-25)26(34)31(27)21-8-3-2-4-9-21/h2-4,8-9,11-15H,5-7,10,16H2,1H3,(H,28,33). The molecule has 1 aliphatic rings. The molecule has 2 heterocycles. The van der Waals surface area contributed by atoms with Crippen molar-refractivity contribution < 1.29 is 9.59 Å². The molecule has 1 aliphatic carbocycles. The number of aryl methyl sites for hydroxylation is 2. The van der Waals surface area contributed by atoms with E-state index in [0.717, 1.165) is 36.9 Å². The van der Waals surface area contributed by atoms with Crippen molar-refractivity contribution in [3.8, 4) is 5.69 Å². The predicted octanol–water partition coefficient (Wildman–Crippen LogP) is 4.59. The maximum atomic E-state index is 13.6. The van der Waals surface area contributed by atoms with Crippen molar-refractivity contribution >= 4 is 40.2 Å². The fourth-order valence-electron chi connectivity index (χ4n) is 4.23. The quantitative estimate of drug-likeness (QED) is 0.244. The van der Waals surface area contributed by atoms with Gasteiger partial charge in [0.2, 0.25) is 5.91 Å². The molecule has 5 rings (SSSR count). The molecule has 0 saturated carbocycles. The number of benzene rings is 2. The third-order valence-electron chi connectivity index (χ3n) is 6.03. The largest absolute Gasteiger partial charge is 0.325 e. The molecule has 35 heavy (non-hydrogen) atoms. The molecule has 0 bridgehead atoms. The molecule has 2 aromatic carbocycles. The smallest absolute Gasteiger partial charge is 0.268 e. The van der Waals surface area contributed by atoms with E-state index in [2.05, 4.69) is 5.32 Å². The first-order chi connectivity index (χ1) is 17.0. The molecule has 7 nitrogen and oxygen atoms in total. The Morgan fingerprint density at radius 1 is 1.00 bits per heavy atom. The number of amides is 1. The first-order valence-corrected chi connectivity index (χ1v) is 12.5. The lowest BCUT2D eigenvalue weighted by molar-refractivity contribution is -0.113. The lowest BCUT2D eigenvalue weighted by Gasteiger charge is -2.17. The van der Waals surface area contributed by atoms with E-state index in [9.17, 15) is 14.4 Å². The van der Waals surface area contributed by atoms with Crippen LogP contribution in [0.1, 0.15) is 41.4 Å². The lowest BCUT2D eigenvalue weighted by Crippen LogP contribution is -2.24. The molecule has 0 spiro atoms. The molecule has 2 aromatic heterocycles. The van der Waals surface area contributed by atoms with E-state index in [1.165, 1.54) is 18.7 Å². The number of aromatic nitrogens is 3. The summed E-state index contributed by atoms with van der Waals surface area (Å²) in [6, 6.07) is 18.0. The third kappa shape index (κ3) is 4.88. The normalized spacial score (nSPS) is 12.8. The second kappa shape index (κ2) is 9.84. The van der Waals surface area contributed by atoms with Gasteiger partial charge in [-0.1, -0.05) is 30.0 Å². The van der Waals surface area contributed by atoms with E-state index >= 15 is 0 Å². The van der Waals surface area contributed by atoms with Gasteiger partial charge < -0.3 is 5.32 Å². The Kier molecular flexibility index (Phi) is 6.46. The highest BCUT2D eigenvalue weighted by Gasteiger charge is 2.19. The molecule has 176 valence electrons. The first-order valence-electron chi connectivity index (χ1n) is 11.5. The van der Waals surface area contributed by atoms with Crippen molar-refractivity contribution in [2.75, 3.05) is 11.1 Å². The maximum Gasteiger partial charge on any atom is 0.268 e. The number of nitrogens with zero attached hydrogens (tertiary/aromatic N) is 3. The number of thioether (sulfide) groups is 1. The van der Waals surface area contributed by atoms with Gasteiger partial charge in [0.05, 0.1) is 16.8 Å². The maximum absolute atomic E-state index is 13.6. The average molecular weight is 485 g/mol. The molecule has 0 saturated heterocycles. The van der Waals surface area contributed by atoms with Crippen molar-refractivity contribution in [3.05, 3.63) is 87.8 Å². The number of carbonyl (C=O) groups excluding carboxylic acids is 2. The van der Waals surface area contributed by atoms with Crippen LogP contribution in [0.5, 0.6) is 0 Å². The average Bonchev–Trinajstić information content (AvgIpc) is 2.87. The zero-order valence-electron chi connectivity index (χ0n) is 19.3. The van der Waals surface area contributed by atoms with Crippen LogP contribution in [0.15, 0.2) is 70.6 Å². The van der Waals surface area contributed by atoms with Gasteiger partial charge in [-0.05, 0) is 80.6 Å². The van der Waals surface area contributed by atoms with E-state index < -0.39 is 0 Å². The summed E-state index contributed by atoms with van der Waals surface area (Å²) < 4.78 is 1.55. The number of fused-ring (bicyclic) bond motifs is 2. The Morgan fingerprint density at radius 2 is 1.74 bits per heavy atom. The molecular formula is C27H24N4O3S. The number of rotatable bonds is 6. The van der Waals surface area contributed by atoms with Crippen LogP contribution >= 0.6 is 11.8 Å². The summed E-state index contributed by atoms with van der Waals surface area (Å²) in [5.74, 6) is -0.211. The summed E-state index contributed by atoms with van der Waals surface area (Å²) in [5.41, 5.74) is 4.23. The van der Waals surface area contributed by atoms with E-state index in [-0.39, 0.29) is 23.0 Å². The highest BCUT2D eigenvalue weighted by Crippen LogP contribution is 2.25. The van der Waals surface area contributed by atoms with Crippen molar-refractivity contribution in [1.82, 2.24) is 14.5 Å². The minimum Gasteiger partial charge on any atom is -0.325 e. The number of carbonyl (C=O) groups is 2. The van der Waals surface area contributed by atoms with E-state index in [1.54, 1.807) is 28.8 Å². The summed E-state index contributed by atoms with van der Waals surface area (Å²) >= 11 is 1.19. The van der Waals surface area contributed by atoms with Gasteiger partial charge in [0.1, 0.15) is 0 Å². The van der Waals surface area contributed by atoms with Crippen LogP contribution in [-0.2, 0) is 17.6 Å². The Morgan fingerprint density at radius 3 is 2.49 bits per heavy atom. The van der Waals surface area contributed by atoms with Crippen LogP contribution in [0.25, 0.3) is 16.7 Å². The predicted molar refractivity (Wildman–Crippen MR) is 138 cm³/mol. The number of hydrogen-bond acceptors (Lipinski definition) is 6. The monoisotopic (exact) mass is 484 g/mol. The summed E-state index contributed by atoms with van der Waals surface area (Å²) in [7, 11) is 0. The molecule has 0 aliphatic heterocycles. The SMILES string of the molecule is CC(=O)c1ccc(NC(=O)CSc2nc3nc4c(cc3c(=O)n2-c2ccccc2)CCCC4)cc1. The van der Waals surface area contributed by atoms with Crippen LogP contribution < -0.4 is 10.9 Å². The molecule has 0 fully saturated rings. The molecule has 0 unspecified atom stereocenters. The third-order valence-corrected chi connectivity index (χ3v) is 6.97. The van der Waals surface area contributed by atoms with Crippen molar-refractivity contribution in [1.29, 1.82) is 0 Å². The number of hydrogen-bond donors (Lipinski definition) is 1. The van der Waals surface area contributed by atoms with Crippen molar-refractivity contribution in [2.24, 2.45) is 0 Å². The minimum absolute atomic E-state index is 0.0328. The number of ketones is 1. The molecule has 0 radical (unpaired) electrons. The Bertz CT molecular complexity index is 1480. The second-order valence-corrected chi connectivity index (χ2v) is 9.46. The number of Topliss-reactive ketones (excluding diaryl/α,β-unsaturated/α-hetero) is 1. The summed E-state index contributed by atoms with van der Waals surface area (Å²) in [4.78, 5) is 47.2. The molecule has 0 atom stereocenters. The molecular weight excluding hydrogens is 460 g/mol. The fraction of sp³-hybridized carbons (Fsp3) is 0.222. The van der Waals surface area contributed by atoms with Gasteiger partial charge in [-0.2, -0.15) is 0 Å². The van der Waals surface area contributed by atoms with Gasteiger partial charge in [0.15, 0.2) is 16.6 Å². The highest BCUT2D eigenvalue weighted by molar-refractivity contribution is 7.99. The number of pyridine rings is 1. The summed E-state index contributed by atoms with van der Waals surface area (Å²) in [5, 5.41) is 3.74. The van der Waals surface area contributed by atoms with Gasteiger partial charge in [-0.15, -0.1) is 0 Å². The van der Waals surface area contributed by atoms with Crippen molar-refractivity contribution in [3.63, 3.8) is 0 Å². The Labute approximate surface area is 206 Å². The van der Waals surface area contributed by atoms with Gasteiger partial charge in [-0.25, -0.2) is 9.97 Å². The van der Waals surface area contributed by atoms with Crippen LogP contribution in [0.4, 0.5) is 5.69 Å². The zero-order valence-corrected chi connectivity index (χ0v) is 20.1. The number of anilines is 1. The minimum atomic E-state index is -0.238. The lowest BCUT2D eigenvalue weighted by atomic mass is 9.95.